The molecule has 6 rings (SSSR count). The van der Waals surface area contributed by atoms with E-state index in [4.69, 9.17) is 23.9 Å². The van der Waals surface area contributed by atoms with Crippen LogP contribution in [0.5, 0.6) is 5.88 Å². The number of carbonyl (C=O) groups is 3. The number of carbonyl (C=O) groups excluding carboxylic acids is 3. The average Bonchev–Trinajstić information content (AvgIpc) is 3.65. The van der Waals surface area contributed by atoms with E-state index in [2.05, 4.69) is 9.80 Å². The Bertz CT molecular complexity index is 1550. The van der Waals surface area contributed by atoms with Crippen molar-refractivity contribution in [2.75, 3.05) is 50.8 Å². The SMILES string of the molecule is CC(=O)OCc1nc2c(cc1Cc1ccc(F)cc1)N(C(=O)CN1C[C@@H](C)N(C(=O)OC(C)(C)C)C[C@@H]1CN1C[C@@H]3C[C@H]1CO3)[C@@H](C)CO2. The first-order valence-electron chi connectivity index (χ1n) is 17.2. The fourth-order valence-corrected chi connectivity index (χ4v) is 7.28. The number of aromatic nitrogens is 1. The standard InChI is InChI=1S/C36H48FN5O7/c1-22-14-39(29(15-40-17-30-13-28(40)20-47-30)16-41(22)35(45)49-36(4,5)6)18-33(44)42-23(2)19-48-34-32(42)12-26(31(38-34)21-46-24(3)43)11-25-7-9-27(37)10-8-25/h7-10,12,22-23,28-30H,11,13-21H2,1-6H3/t22-,23+,28+,29+,30+/m1/s1. The van der Waals surface area contributed by atoms with E-state index in [-0.39, 0.29) is 61.8 Å². The Labute approximate surface area is 287 Å². The van der Waals surface area contributed by atoms with E-state index in [9.17, 15) is 18.8 Å². The molecule has 12 nitrogen and oxygen atoms in total. The van der Waals surface area contributed by atoms with Crippen molar-refractivity contribution in [1.29, 1.82) is 0 Å². The minimum absolute atomic E-state index is 0.0586. The second-order valence-electron chi connectivity index (χ2n) is 14.8. The van der Waals surface area contributed by atoms with E-state index in [1.54, 1.807) is 21.9 Å². The van der Waals surface area contributed by atoms with Gasteiger partial charge in [-0.2, -0.15) is 0 Å². The van der Waals surface area contributed by atoms with Crippen molar-refractivity contribution in [3.8, 4) is 5.88 Å². The highest BCUT2D eigenvalue weighted by Crippen LogP contribution is 2.36. The van der Waals surface area contributed by atoms with Crippen LogP contribution in [-0.2, 0) is 36.8 Å². The maximum atomic E-state index is 14.4. The van der Waals surface area contributed by atoms with Gasteiger partial charge in [0.25, 0.3) is 0 Å². The lowest BCUT2D eigenvalue weighted by atomic mass is 10.0. The van der Waals surface area contributed by atoms with E-state index in [1.165, 1.54) is 19.1 Å². The maximum absolute atomic E-state index is 14.4. The van der Waals surface area contributed by atoms with Crippen molar-refractivity contribution in [3.05, 3.63) is 53.0 Å². The average molecular weight is 682 g/mol. The fraction of sp³-hybridized carbons (Fsp3) is 0.611. The molecule has 0 radical (unpaired) electrons. The van der Waals surface area contributed by atoms with Crippen LogP contribution in [0.3, 0.4) is 0 Å². The van der Waals surface area contributed by atoms with Crippen LogP contribution in [0.2, 0.25) is 0 Å². The van der Waals surface area contributed by atoms with Crippen LogP contribution >= 0.6 is 0 Å². The van der Waals surface area contributed by atoms with Crippen LogP contribution in [0.1, 0.15) is 64.8 Å². The summed E-state index contributed by atoms with van der Waals surface area (Å²) in [5, 5.41) is 0. The quantitative estimate of drug-likeness (QED) is 0.382. The smallest absolute Gasteiger partial charge is 0.410 e. The summed E-state index contributed by atoms with van der Waals surface area (Å²) < 4.78 is 36.6. The number of morpholine rings is 1. The predicted octanol–water partition coefficient (Wildman–Crippen LogP) is 3.77. The zero-order chi connectivity index (χ0) is 35.0. The number of esters is 1. The monoisotopic (exact) mass is 681 g/mol. The topological polar surface area (TPSA) is 114 Å². The van der Waals surface area contributed by atoms with Gasteiger partial charge in [-0.25, -0.2) is 14.2 Å². The van der Waals surface area contributed by atoms with Gasteiger partial charge in [0, 0.05) is 51.2 Å². The summed E-state index contributed by atoms with van der Waals surface area (Å²) in [7, 11) is 0. The van der Waals surface area contributed by atoms with Crippen molar-refractivity contribution in [1.82, 2.24) is 19.7 Å². The molecule has 49 heavy (non-hydrogen) atoms. The Balaban J connectivity index is 1.26. The highest BCUT2D eigenvalue weighted by molar-refractivity contribution is 5.97. The van der Waals surface area contributed by atoms with Gasteiger partial charge in [0.2, 0.25) is 11.8 Å². The number of pyridine rings is 1. The Morgan fingerprint density at radius 1 is 1.02 bits per heavy atom. The molecular formula is C36H48FN5O7. The molecule has 0 unspecified atom stereocenters. The molecule has 5 atom stereocenters. The summed E-state index contributed by atoms with van der Waals surface area (Å²) in [6.07, 6.45) is 1.29. The van der Waals surface area contributed by atoms with Gasteiger partial charge in [0.05, 0.1) is 31.0 Å². The Morgan fingerprint density at radius 2 is 1.78 bits per heavy atom. The number of hydrogen-bond donors (Lipinski definition) is 0. The molecule has 1 aromatic carbocycles. The Kier molecular flexibility index (Phi) is 10.2. The van der Waals surface area contributed by atoms with E-state index in [0.29, 0.717) is 56.0 Å². The molecule has 2 bridgehead atoms. The number of rotatable bonds is 8. The number of fused-ring (bicyclic) bond motifs is 3. The molecule has 1 aromatic heterocycles. The number of halogens is 1. The van der Waals surface area contributed by atoms with E-state index < -0.39 is 11.6 Å². The normalized spacial score (nSPS) is 25.6. The summed E-state index contributed by atoms with van der Waals surface area (Å²) in [6.45, 7) is 14.4. The van der Waals surface area contributed by atoms with Crippen LogP contribution in [-0.4, -0.2) is 119 Å². The molecule has 4 aliphatic heterocycles. The lowest BCUT2D eigenvalue weighted by Crippen LogP contribution is -2.64. The zero-order valence-electron chi connectivity index (χ0n) is 29.3. The van der Waals surface area contributed by atoms with Crippen LogP contribution in [0.4, 0.5) is 14.9 Å². The molecule has 3 fully saturated rings. The number of benzene rings is 1. The summed E-state index contributed by atoms with van der Waals surface area (Å²) in [6, 6.07) is 7.87. The molecule has 5 heterocycles. The Hall–Kier alpha value is -3.81. The molecule has 13 heteroatoms. The maximum Gasteiger partial charge on any atom is 0.410 e. The lowest BCUT2D eigenvalue weighted by molar-refractivity contribution is -0.142. The third-order valence-corrected chi connectivity index (χ3v) is 9.67. The summed E-state index contributed by atoms with van der Waals surface area (Å²) in [5.74, 6) is -0.585. The fourth-order valence-electron chi connectivity index (χ4n) is 7.28. The van der Waals surface area contributed by atoms with Crippen molar-refractivity contribution in [2.45, 2.75) is 96.9 Å². The Morgan fingerprint density at radius 3 is 2.43 bits per heavy atom. The number of piperazine rings is 1. The molecule has 0 aliphatic carbocycles. The van der Waals surface area contributed by atoms with E-state index in [1.807, 2.05) is 40.7 Å². The molecule has 0 N–H and O–H groups in total. The van der Waals surface area contributed by atoms with Crippen molar-refractivity contribution < 1.29 is 37.7 Å². The molecule has 0 saturated carbocycles. The van der Waals surface area contributed by atoms with Gasteiger partial charge in [-0.15, -0.1) is 0 Å². The predicted molar refractivity (Wildman–Crippen MR) is 179 cm³/mol. The van der Waals surface area contributed by atoms with Gasteiger partial charge in [-0.3, -0.25) is 19.4 Å². The third-order valence-electron chi connectivity index (χ3n) is 9.67. The number of nitrogens with zero attached hydrogens (tertiary/aromatic N) is 5. The highest BCUT2D eigenvalue weighted by Gasteiger charge is 2.44. The molecule has 0 spiro atoms. The third kappa shape index (κ3) is 8.16. The minimum atomic E-state index is -0.619. The second kappa shape index (κ2) is 14.2. The van der Waals surface area contributed by atoms with Gasteiger partial charge in [-0.05, 0) is 76.8 Å². The second-order valence-corrected chi connectivity index (χ2v) is 14.8. The molecule has 266 valence electrons. The summed E-state index contributed by atoms with van der Waals surface area (Å²) in [5.41, 5.74) is 2.02. The molecular weight excluding hydrogens is 633 g/mol. The lowest BCUT2D eigenvalue weighted by Gasteiger charge is -2.47. The van der Waals surface area contributed by atoms with Gasteiger partial charge >= 0.3 is 12.1 Å². The first kappa shape index (κ1) is 35.0. The molecule has 4 aliphatic rings. The van der Waals surface area contributed by atoms with Gasteiger partial charge < -0.3 is 28.7 Å². The number of amides is 2. The van der Waals surface area contributed by atoms with Gasteiger partial charge in [-0.1, -0.05) is 12.1 Å². The summed E-state index contributed by atoms with van der Waals surface area (Å²) >= 11 is 0. The largest absolute Gasteiger partial charge is 0.474 e. The van der Waals surface area contributed by atoms with Crippen molar-refractivity contribution in [2.24, 2.45) is 0 Å². The van der Waals surface area contributed by atoms with Crippen LogP contribution < -0.4 is 9.64 Å². The first-order chi connectivity index (χ1) is 23.2. The van der Waals surface area contributed by atoms with Crippen molar-refractivity contribution >= 4 is 23.7 Å². The van der Waals surface area contributed by atoms with Gasteiger partial charge in [0.1, 0.15) is 30.3 Å². The van der Waals surface area contributed by atoms with Crippen LogP contribution in [0.25, 0.3) is 0 Å². The number of likely N-dealkylation sites (tertiary alicyclic amines) is 1. The van der Waals surface area contributed by atoms with Crippen LogP contribution in [0.15, 0.2) is 30.3 Å². The minimum Gasteiger partial charge on any atom is -0.474 e. The summed E-state index contributed by atoms with van der Waals surface area (Å²) in [4.78, 5) is 52.3. The number of hydrogen-bond acceptors (Lipinski definition) is 10. The van der Waals surface area contributed by atoms with Gasteiger partial charge in [0.15, 0.2) is 0 Å². The zero-order valence-corrected chi connectivity index (χ0v) is 29.3. The van der Waals surface area contributed by atoms with E-state index in [0.717, 1.165) is 24.1 Å². The number of anilines is 1. The molecule has 3 saturated heterocycles. The molecule has 2 aromatic rings. The highest BCUT2D eigenvalue weighted by atomic mass is 19.1. The van der Waals surface area contributed by atoms with Crippen molar-refractivity contribution in [3.63, 3.8) is 0 Å². The van der Waals surface area contributed by atoms with E-state index >= 15 is 0 Å². The first-order valence-corrected chi connectivity index (χ1v) is 17.2. The molecule has 2 amide bonds. The van der Waals surface area contributed by atoms with Crippen LogP contribution in [0, 0.1) is 5.82 Å². The number of ether oxygens (including phenoxy) is 4.